The maximum Gasteiger partial charge on any atom is 0.123 e. The number of rotatable bonds is 2. The van der Waals surface area contributed by atoms with Gasteiger partial charge in [0.05, 0.1) is 17.4 Å². The Kier molecular flexibility index (Phi) is 5.82. The molecule has 0 aliphatic carbocycles. The van der Waals surface area contributed by atoms with Crippen molar-refractivity contribution in [2.45, 2.75) is 6.92 Å². The molecule has 0 aliphatic rings. The SMILES string of the molecule is Cc1ccc(-c2cnn3c(-c4ccc(F)cc4)cc(Cl)cc23)cc1.c1cncnc1. The van der Waals surface area contributed by atoms with Crippen LogP contribution in [0.4, 0.5) is 4.39 Å². The van der Waals surface area contributed by atoms with Crippen LogP contribution in [0.15, 0.2) is 91.6 Å². The van der Waals surface area contributed by atoms with Gasteiger partial charge in [-0.25, -0.2) is 18.9 Å². The molecule has 0 saturated heterocycles. The van der Waals surface area contributed by atoms with Crippen molar-refractivity contribution in [1.82, 2.24) is 19.6 Å². The molecular weight excluding hydrogens is 399 g/mol. The monoisotopic (exact) mass is 416 g/mol. The van der Waals surface area contributed by atoms with Crippen LogP contribution in [0.3, 0.4) is 0 Å². The van der Waals surface area contributed by atoms with Gasteiger partial charge in [0.1, 0.15) is 12.1 Å². The molecule has 0 aliphatic heterocycles. The third-order valence-electron chi connectivity index (χ3n) is 4.56. The van der Waals surface area contributed by atoms with E-state index in [2.05, 4.69) is 46.3 Å². The molecule has 0 radical (unpaired) electrons. The van der Waals surface area contributed by atoms with Crippen LogP contribution in [0.25, 0.3) is 27.9 Å². The van der Waals surface area contributed by atoms with Gasteiger partial charge in [0, 0.05) is 28.5 Å². The molecule has 0 unspecified atom stereocenters. The van der Waals surface area contributed by atoms with E-state index in [1.807, 2.05) is 22.8 Å². The van der Waals surface area contributed by atoms with Crippen LogP contribution in [-0.4, -0.2) is 19.6 Å². The lowest BCUT2D eigenvalue weighted by Crippen LogP contribution is -1.94. The first-order valence-corrected chi connectivity index (χ1v) is 9.70. The van der Waals surface area contributed by atoms with E-state index in [9.17, 15) is 4.39 Å². The molecular formula is C24H18ClFN4. The molecule has 5 aromatic rings. The summed E-state index contributed by atoms with van der Waals surface area (Å²) in [6.45, 7) is 2.06. The lowest BCUT2D eigenvalue weighted by molar-refractivity contribution is 0.628. The first-order chi connectivity index (χ1) is 14.6. The van der Waals surface area contributed by atoms with Crippen molar-refractivity contribution < 1.29 is 4.39 Å². The van der Waals surface area contributed by atoms with Gasteiger partial charge in [0.2, 0.25) is 0 Å². The van der Waals surface area contributed by atoms with Gasteiger partial charge < -0.3 is 0 Å². The first kappa shape index (κ1) is 19.7. The van der Waals surface area contributed by atoms with E-state index >= 15 is 0 Å². The Morgan fingerprint density at radius 2 is 1.53 bits per heavy atom. The molecule has 30 heavy (non-hydrogen) atoms. The molecule has 6 heteroatoms. The summed E-state index contributed by atoms with van der Waals surface area (Å²) in [5.74, 6) is -0.266. The molecule has 2 aromatic carbocycles. The summed E-state index contributed by atoms with van der Waals surface area (Å²) in [5, 5.41) is 5.14. The predicted molar refractivity (Wildman–Crippen MR) is 118 cm³/mol. The van der Waals surface area contributed by atoms with Crippen LogP contribution in [0.5, 0.6) is 0 Å². The number of nitrogens with zero attached hydrogens (tertiary/aromatic N) is 4. The number of aryl methyl sites for hydroxylation is 1. The van der Waals surface area contributed by atoms with Gasteiger partial charge in [-0.1, -0.05) is 41.4 Å². The molecule has 4 nitrogen and oxygen atoms in total. The molecule has 0 amide bonds. The summed E-state index contributed by atoms with van der Waals surface area (Å²) in [6, 6.07) is 20.1. The second-order valence-electron chi connectivity index (χ2n) is 6.69. The molecule has 148 valence electrons. The number of fused-ring (bicyclic) bond motifs is 1. The maximum atomic E-state index is 13.2. The largest absolute Gasteiger partial charge is 0.245 e. The smallest absolute Gasteiger partial charge is 0.123 e. The highest BCUT2D eigenvalue weighted by atomic mass is 35.5. The van der Waals surface area contributed by atoms with Crippen molar-refractivity contribution in [3.05, 3.63) is 108 Å². The molecule has 5 rings (SSSR count). The van der Waals surface area contributed by atoms with E-state index in [1.54, 1.807) is 30.6 Å². The van der Waals surface area contributed by atoms with E-state index in [-0.39, 0.29) is 5.82 Å². The van der Waals surface area contributed by atoms with E-state index in [1.165, 1.54) is 24.0 Å². The van der Waals surface area contributed by atoms with Crippen molar-refractivity contribution in [3.63, 3.8) is 0 Å². The fraction of sp³-hybridized carbons (Fsp3) is 0.0417. The quantitative estimate of drug-likeness (QED) is 0.342. The molecule has 0 atom stereocenters. The number of hydrogen-bond donors (Lipinski definition) is 0. The summed E-state index contributed by atoms with van der Waals surface area (Å²) in [4.78, 5) is 7.35. The van der Waals surface area contributed by atoms with Crippen molar-refractivity contribution in [2.24, 2.45) is 0 Å². The second kappa shape index (κ2) is 8.84. The predicted octanol–water partition coefficient (Wildman–Crippen LogP) is 6.25. The van der Waals surface area contributed by atoms with Crippen molar-refractivity contribution >= 4 is 17.1 Å². The van der Waals surface area contributed by atoms with Crippen molar-refractivity contribution in [2.75, 3.05) is 0 Å². The fourth-order valence-corrected chi connectivity index (χ4v) is 3.29. The standard InChI is InChI=1S/C20H14ClFN2.C4H4N2/c1-13-2-4-14(5-3-13)18-12-23-24-19(10-16(21)11-20(18)24)15-6-8-17(22)9-7-15;1-2-5-4-6-3-1/h2-12H,1H3;1-4H. The van der Waals surface area contributed by atoms with E-state index in [4.69, 9.17) is 11.6 Å². The Hall–Kier alpha value is -3.57. The summed E-state index contributed by atoms with van der Waals surface area (Å²) < 4.78 is 15.0. The molecule has 3 heterocycles. The first-order valence-electron chi connectivity index (χ1n) is 9.32. The summed E-state index contributed by atoms with van der Waals surface area (Å²) in [6.07, 6.45) is 6.71. The average molecular weight is 417 g/mol. The number of hydrogen-bond acceptors (Lipinski definition) is 3. The molecule has 0 bridgehead atoms. The van der Waals surface area contributed by atoms with Gasteiger partial charge in [0.25, 0.3) is 0 Å². The van der Waals surface area contributed by atoms with Crippen molar-refractivity contribution in [3.8, 4) is 22.4 Å². The van der Waals surface area contributed by atoms with Crippen LogP contribution in [0.1, 0.15) is 5.56 Å². The topological polar surface area (TPSA) is 43.1 Å². The zero-order chi connectivity index (χ0) is 20.9. The van der Waals surface area contributed by atoms with Gasteiger partial charge in [0.15, 0.2) is 0 Å². The lowest BCUT2D eigenvalue weighted by Gasteiger charge is -2.07. The molecule has 0 N–H and O–H groups in total. The van der Waals surface area contributed by atoms with Gasteiger partial charge in [-0.3, -0.25) is 0 Å². The Morgan fingerprint density at radius 3 is 2.13 bits per heavy atom. The summed E-state index contributed by atoms with van der Waals surface area (Å²) >= 11 is 6.33. The van der Waals surface area contributed by atoms with Crippen LogP contribution in [-0.2, 0) is 0 Å². The Bertz CT molecular complexity index is 1220. The Labute approximate surface area is 178 Å². The fourth-order valence-electron chi connectivity index (χ4n) is 3.09. The summed E-state index contributed by atoms with van der Waals surface area (Å²) in [5.41, 5.74) is 5.92. The third-order valence-corrected chi connectivity index (χ3v) is 4.78. The van der Waals surface area contributed by atoms with E-state index in [0.717, 1.165) is 27.9 Å². The minimum atomic E-state index is -0.266. The van der Waals surface area contributed by atoms with E-state index in [0.29, 0.717) is 5.02 Å². The number of benzene rings is 2. The number of halogens is 2. The Balaban J connectivity index is 0.000000313. The highest BCUT2D eigenvalue weighted by Crippen LogP contribution is 2.31. The highest BCUT2D eigenvalue weighted by molar-refractivity contribution is 6.31. The minimum Gasteiger partial charge on any atom is -0.245 e. The second-order valence-corrected chi connectivity index (χ2v) is 7.13. The molecule has 3 aromatic heterocycles. The normalized spacial score (nSPS) is 10.5. The van der Waals surface area contributed by atoms with Gasteiger partial charge >= 0.3 is 0 Å². The molecule has 0 saturated carbocycles. The lowest BCUT2D eigenvalue weighted by atomic mass is 10.1. The molecule has 0 spiro atoms. The highest BCUT2D eigenvalue weighted by Gasteiger charge is 2.12. The number of pyridine rings is 1. The maximum absolute atomic E-state index is 13.2. The molecule has 0 fully saturated rings. The van der Waals surface area contributed by atoms with Crippen LogP contribution >= 0.6 is 11.6 Å². The van der Waals surface area contributed by atoms with Crippen LogP contribution < -0.4 is 0 Å². The number of aromatic nitrogens is 4. The van der Waals surface area contributed by atoms with Crippen LogP contribution in [0.2, 0.25) is 5.02 Å². The van der Waals surface area contributed by atoms with Crippen LogP contribution in [0, 0.1) is 12.7 Å². The summed E-state index contributed by atoms with van der Waals surface area (Å²) in [7, 11) is 0. The van der Waals surface area contributed by atoms with E-state index < -0.39 is 0 Å². The average Bonchev–Trinajstić information content (AvgIpc) is 3.20. The van der Waals surface area contributed by atoms with Gasteiger partial charge in [-0.15, -0.1) is 0 Å². The minimum absolute atomic E-state index is 0.266. The Morgan fingerprint density at radius 1 is 0.867 bits per heavy atom. The van der Waals surface area contributed by atoms with Gasteiger partial charge in [-0.05, 0) is 55.0 Å². The zero-order valence-corrected chi connectivity index (χ0v) is 17.0. The van der Waals surface area contributed by atoms with Crippen molar-refractivity contribution in [1.29, 1.82) is 0 Å². The van der Waals surface area contributed by atoms with Gasteiger partial charge in [-0.2, -0.15) is 5.10 Å². The zero-order valence-electron chi connectivity index (χ0n) is 16.2. The third kappa shape index (κ3) is 4.36.